The van der Waals surface area contributed by atoms with Crippen molar-refractivity contribution < 1.29 is 9.90 Å². The van der Waals surface area contributed by atoms with Gasteiger partial charge < -0.3 is 16.2 Å². The Morgan fingerprint density at radius 2 is 2.00 bits per heavy atom. The highest BCUT2D eigenvalue weighted by atomic mass is 16.3. The van der Waals surface area contributed by atoms with E-state index in [2.05, 4.69) is 19.2 Å². The van der Waals surface area contributed by atoms with Crippen molar-refractivity contribution in [3.8, 4) is 0 Å². The third-order valence-electron chi connectivity index (χ3n) is 2.80. The summed E-state index contributed by atoms with van der Waals surface area (Å²) < 4.78 is 0. The second kappa shape index (κ2) is 7.67. The summed E-state index contributed by atoms with van der Waals surface area (Å²) in [6.07, 6.45) is 1.46. The Morgan fingerprint density at radius 3 is 2.41 bits per heavy atom. The van der Waals surface area contributed by atoms with Crippen molar-refractivity contribution in [2.45, 2.75) is 40.5 Å². The lowest BCUT2D eigenvalue weighted by atomic mass is 9.92. The SMILES string of the molecule is CC(C)CC(CN)CC(=O)NCC(C)(C)CO. The second-order valence-corrected chi connectivity index (χ2v) is 6.03. The molecule has 0 aromatic heterocycles. The highest BCUT2D eigenvalue weighted by Crippen LogP contribution is 2.15. The van der Waals surface area contributed by atoms with Crippen molar-refractivity contribution in [3.63, 3.8) is 0 Å². The Bertz CT molecular complexity index is 227. The fourth-order valence-corrected chi connectivity index (χ4v) is 1.66. The van der Waals surface area contributed by atoms with Crippen LogP contribution in [0.3, 0.4) is 0 Å². The van der Waals surface area contributed by atoms with Gasteiger partial charge in [0.2, 0.25) is 5.91 Å². The summed E-state index contributed by atoms with van der Waals surface area (Å²) in [5, 5.41) is 11.9. The van der Waals surface area contributed by atoms with Crippen LogP contribution in [0.15, 0.2) is 0 Å². The summed E-state index contributed by atoms with van der Waals surface area (Å²) in [7, 11) is 0. The summed E-state index contributed by atoms with van der Waals surface area (Å²) in [4.78, 5) is 11.7. The van der Waals surface area contributed by atoms with Crippen LogP contribution >= 0.6 is 0 Å². The zero-order valence-corrected chi connectivity index (χ0v) is 11.6. The van der Waals surface area contributed by atoms with E-state index in [1.54, 1.807) is 0 Å². The van der Waals surface area contributed by atoms with Crippen LogP contribution < -0.4 is 11.1 Å². The average molecular weight is 244 g/mol. The molecule has 0 radical (unpaired) electrons. The first kappa shape index (κ1) is 16.4. The van der Waals surface area contributed by atoms with Crippen LogP contribution in [0.5, 0.6) is 0 Å². The molecule has 1 amide bonds. The first-order chi connectivity index (χ1) is 7.80. The first-order valence-corrected chi connectivity index (χ1v) is 6.38. The van der Waals surface area contributed by atoms with Crippen LogP contribution in [-0.2, 0) is 4.79 Å². The van der Waals surface area contributed by atoms with E-state index in [0.29, 0.717) is 25.4 Å². The number of amides is 1. The minimum atomic E-state index is -0.258. The maximum Gasteiger partial charge on any atom is 0.220 e. The molecule has 0 saturated carbocycles. The van der Waals surface area contributed by atoms with E-state index in [-0.39, 0.29) is 23.8 Å². The largest absolute Gasteiger partial charge is 0.396 e. The van der Waals surface area contributed by atoms with Gasteiger partial charge in [0.25, 0.3) is 0 Å². The molecular weight excluding hydrogens is 216 g/mol. The minimum absolute atomic E-state index is 0.0302. The first-order valence-electron chi connectivity index (χ1n) is 6.38. The van der Waals surface area contributed by atoms with Gasteiger partial charge in [-0.1, -0.05) is 27.7 Å². The third kappa shape index (κ3) is 8.16. The monoisotopic (exact) mass is 244 g/mol. The molecule has 0 aromatic carbocycles. The summed E-state index contributed by atoms with van der Waals surface area (Å²) in [5.74, 6) is 0.847. The number of rotatable bonds is 8. The highest BCUT2D eigenvalue weighted by Gasteiger charge is 2.19. The second-order valence-electron chi connectivity index (χ2n) is 6.03. The van der Waals surface area contributed by atoms with Crippen molar-refractivity contribution in [3.05, 3.63) is 0 Å². The van der Waals surface area contributed by atoms with Gasteiger partial charge in [0.1, 0.15) is 0 Å². The van der Waals surface area contributed by atoms with E-state index in [1.807, 2.05) is 13.8 Å². The molecule has 0 aliphatic heterocycles. The van der Waals surface area contributed by atoms with Gasteiger partial charge in [-0.3, -0.25) is 4.79 Å². The van der Waals surface area contributed by atoms with Crippen LogP contribution in [0.25, 0.3) is 0 Å². The number of hydrogen-bond donors (Lipinski definition) is 3. The zero-order valence-electron chi connectivity index (χ0n) is 11.6. The Balaban J connectivity index is 3.99. The van der Waals surface area contributed by atoms with Gasteiger partial charge in [0, 0.05) is 25.0 Å². The number of aliphatic hydroxyl groups is 1. The predicted molar refractivity (Wildman–Crippen MR) is 70.5 cm³/mol. The summed E-state index contributed by atoms with van der Waals surface area (Å²) in [6, 6.07) is 0. The molecule has 0 rings (SSSR count). The van der Waals surface area contributed by atoms with E-state index < -0.39 is 0 Å². The summed E-state index contributed by atoms with van der Waals surface area (Å²) >= 11 is 0. The molecule has 0 bridgehead atoms. The van der Waals surface area contributed by atoms with E-state index in [9.17, 15) is 4.79 Å². The fourth-order valence-electron chi connectivity index (χ4n) is 1.66. The molecule has 102 valence electrons. The van der Waals surface area contributed by atoms with Crippen LogP contribution in [0.1, 0.15) is 40.5 Å². The number of hydrogen-bond acceptors (Lipinski definition) is 3. The van der Waals surface area contributed by atoms with Gasteiger partial charge in [-0.2, -0.15) is 0 Å². The van der Waals surface area contributed by atoms with E-state index in [4.69, 9.17) is 10.8 Å². The quantitative estimate of drug-likeness (QED) is 0.599. The molecule has 0 spiro atoms. The normalized spacial score (nSPS) is 13.8. The molecule has 4 N–H and O–H groups in total. The van der Waals surface area contributed by atoms with Gasteiger partial charge in [-0.05, 0) is 24.8 Å². The van der Waals surface area contributed by atoms with Gasteiger partial charge in [0.05, 0.1) is 0 Å². The smallest absolute Gasteiger partial charge is 0.220 e. The number of aliphatic hydroxyl groups excluding tert-OH is 1. The molecule has 1 unspecified atom stereocenters. The maximum absolute atomic E-state index is 11.7. The number of carbonyl (C=O) groups is 1. The number of carbonyl (C=O) groups excluding carboxylic acids is 1. The molecule has 17 heavy (non-hydrogen) atoms. The minimum Gasteiger partial charge on any atom is -0.396 e. The number of nitrogens with two attached hydrogens (primary N) is 1. The van der Waals surface area contributed by atoms with Gasteiger partial charge in [0.15, 0.2) is 0 Å². The lowest BCUT2D eigenvalue weighted by molar-refractivity contribution is -0.122. The molecule has 4 heteroatoms. The Morgan fingerprint density at radius 1 is 1.41 bits per heavy atom. The third-order valence-corrected chi connectivity index (χ3v) is 2.80. The lowest BCUT2D eigenvalue weighted by Gasteiger charge is -2.23. The van der Waals surface area contributed by atoms with Crippen LogP contribution in [0.4, 0.5) is 0 Å². The zero-order chi connectivity index (χ0) is 13.5. The van der Waals surface area contributed by atoms with Crippen molar-refractivity contribution in [2.24, 2.45) is 23.0 Å². The number of nitrogens with one attached hydrogen (secondary N) is 1. The molecule has 0 fully saturated rings. The molecule has 0 aromatic rings. The molecule has 0 saturated heterocycles. The molecular formula is C13H28N2O2. The van der Waals surface area contributed by atoms with Crippen molar-refractivity contribution >= 4 is 5.91 Å². The fraction of sp³-hybridized carbons (Fsp3) is 0.923. The molecule has 0 aliphatic carbocycles. The van der Waals surface area contributed by atoms with Crippen LogP contribution in [0, 0.1) is 17.3 Å². The van der Waals surface area contributed by atoms with Crippen LogP contribution in [0.2, 0.25) is 0 Å². The Kier molecular flexibility index (Phi) is 7.39. The van der Waals surface area contributed by atoms with Crippen molar-refractivity contribution in [1.82, 2.24) is 5.32 Å². The molecule has 0 heterocycles. The molecule has 1 atom stereocenters. The van der Waals surface area contributed by atoms with E-state index >= 15 is 0 Å². The summed E-state index contributed by atoms with van der Waals surface area (Å²) in [5.41, 5.74) is 5.40. The van der Waals surface area contributed by atoms with Crippen molar-refractivity contribution in [2.75, 3.05) is 19.7 Å². The topological polar surface area (TPSA) is 75.4 Å². The van der Waals surface area contributed by atoms with Crippen molar-refractivity contribution in [1.29, 1.82) is 0 Å². The highest BCUT2D eigenvalue weighted by molar-refractivity contribution is 5.76. The predicted octanol–water partition coefficient (Wildman–Crippen LogP) is 1.13. The van der Waals surface area contributed by atoms with Gasteiger partial charge in [-0.15, -0.1) is 0 Å². The average Bonchev–Trinajstić information content (AvgIpc) is 2.25. The molecule has 0 aliphatic rings. The Labute approximate surface area is 105 Å². The lowest BCUT2D eigenvalue weighted by Crippen LogP contribution is -2.37. The molecule has 4 nitrogen and oxygen atoms in total. The van der Waals surface area contributed by atoms with Gasteiger partial charge in [-0.25, -0.2) is 0 Å². The van der Waals surface area contributed by atoms with Crippen LogP contribution in [-0.4, -0.2) is 30.7 Å². The Hall–Kier alpha value is -0.610. The maximum atomic E-state index is 11.7. The van der Waals surface area contributed by atoms with E-state index in [0.717, 1.165) is 6.42 Å². The van der Waals surface area contributed by atoms with Gasteiger partial charge >= 0.3 is 0 Å². The summed E-state index contributed by atoms with van der Waals surface area (Å²) in [6.45, 7) is 9.23. The standard InChI is InChI=1S/C13H28N2O2/c1-10(2)5-11(7-14)6-12(17)15-8-13(3,4)9-16/h10-11,16H,5-9,14H2,1-4H3,(H,15,17). The van der Waals surface area contributed by atoms with E-state index in [1.165, 1.54) is 0 Å².